The van der Waals surface area contributed by atoms with E-state index in [4.69, 9.17) is 4.74 Å². The van der Waals surface area contributed by atoms with Crippen molar-refractivity contribution < 1.29 is 9.13 Å². The Kier molecular flexibility index (Phi) is 5.30. The van der Waals surface area contributed by atoms with Crippen molar-refractivity contribution in [1.29, 1.82) is 0 Å². The molecular weight excluding hydrogens is 203 g/mol. The Bertz CT molecular complexity index is 323. The van der Waals surface area contributed by atoms with Crippen LogP contribution in [0.15, 0.2) is 18.2 Å². The fraction of sp³-hybridized carbons (Fsp3) is 0.500. The maximum atomic E-state index is 12.7. The van der Waals surface area contributed by atoms with Crippen molar-refractivity contribution in [2.75, 3.05) is 13.3 Å². The second-order valence-electron chi connectivity index (χ2n) is 3.87. The van der Waals surface area contributed by atoms with E-state index >= 15 is 0 Å². The molecule has 0 bridgehead atoms. The second kappa shape index (κ2) is 6.51. The summed E-state index contributed by atoms with van der Waals surface area (Å²) in [6, 6.07) is 5.90. The van der Waals surface area contributed by atoms with Crippen LogP contribution in [0.3, 0.4) is 0 Å². The van der Waals surface area contributed by atoms with Gasteiger partial charge < -0.3 is 4.74 Å². The molecule has 1 aromatic carbocycles. The predicted molar refractivity (Wildman–Crippen MR) is 65.7 cm³/mol. The molecule has 1 atom stereocenters. The van der Waals surface area contributed by atoms with E-state index in [1.54, 1.807) is 0 Å². The Balaban J connectivity index is 3.09. The van der Waals surface area contributed by atoms with Crippen LogP contribution in [-0.2, 0) is 6.42 Å². The molecule has 1 radical (unpaired) electrons. The lowest BCUT2D eigenvalue weighted by Gasteiger charge is -2.17. The fourth-order valence-electron chi connectivity index (χ4n) is 1.80. The van der Waals surface area contributed by atoms with Crippen LogP contribution < -0.4 is 4.74 Å². The third-order valence-corrected chi connectivity index (χ3v) is 2.56. The van der Waals surface area contributed by atoms with Gasteiger partial charge in [0.1, 0.15) is 5.75 Å². The lowest BCUT2D eigenvalue weighted by molar-refractivity contribution is 0.328. The van der Waals surface area contributed by atoms with E-state index in [-0.39, 0.29) is 5.92 Å². The number of ether oxygens (including phenoxy) is 1. The molecule has 2 heteroatoms. The highest BCUT2D eigenvalue weighted by atomic mass is 19.1. The molecule has 0 spiro atoms. The zero-order valence-electron chi connectivity index (χ0n) is 10.1. The fourth-order valence-corrected chi connectivity index (χ4v) is 1.80. The van der Waals surface area contributed by atoms with E-state index in [1.165, 1.54) is 0 Å². The smallest absolute Gasteiger partial charge is 0.126 e. The predicted octanol–water partition coefficient (Wildman–Crippen LogP) is 3.92. The summed E-state index contributed by atoms with van der Waals surface area (Å²) < 4.78 is 18.3. The number of halogens is 1. The minimum absolute atomic E-state index is 0.335. The van der Waals surface area contributed by atoms with Crippen molar-refractivity contribution in [3.05, 3.63) is 36.2 Å². The van der Waals surface area contributed by atoms with E-state index < -0.39 is 6.67 Å². The summed E-state index contributed by atoms with van der Waals surface area (Å²) in [4.78, 5) is 0. The van der Waals surface area contributed by atoms with E-state index in [9.17, 15) is 4.39 Å². The van der Waals surface area contributed by atoms with Crippen molar-refractivity contribution in [2.24, 2.45) is 0 Å². The van der Waals surface area contributed by atoms with E-state index in [2.05, 4.69) is 13.8 Å². The third kappa shape index (κ3) is 2.97. The van der Waals surface area contributed by atoms with E-state index in [0.717, 1.165) is 29.7 Å². The second-order valence-corrected chi connectivity index (χ2v) is 3.87. The highest BCUT2D eigenvalue weighted by Crippen LogP contribution is 2.31. The van der Waals surface area contributed by atoms with Crippen LogP contribution in [0.25, 0.3) is 0 Å². The lowest BCUT2D eigenvalue weighted by atomic mass is 9.97. The maximum Gasteiger partial charge on any atom is 0.126 e. The summed E-state index contributed by atoms with van der Waals surface area (Å²) in [6.45, 7) is 8.04. The standard InChI is InChI=1S/C14H20FO/c1-4-7-12-8-6-9-13(11(3)10-15)14(12)16-5-2/h6,8-9,11H,3-5,7,10H2,1-2H3. The summed E-state index contributed by atoms with van der Waals surface area (Å²) in [5.41, 5.74) is 2.04. The molecule has 0 heterocycles. The first-order chi connectivity index (χ1) is 7.74. The summed E-state index contributed by atoms with van der Waals surface area (Å²) >= 11 is 0. The average Bonchev–Trinajstić information content (AvgIpc) is 2.31. The lowest BCUT2D eigenvalue weighted by Crippen LogP contribution is -2.05. The quantitative estimate of drug-likeness (QED) is 0.710. The van der Waals surface area contributed by atoms with Gasteiger partial charge in [0, 0.05) is 11.5 Å². The minimum Gasteiger partial charge on any atom is -0.493 e. The number of aryl methyl sites for hydroxylation is 1. The number of rotatable bonds is 6. The Morgan fingerprint density at radius 1 is 1.38 bits per heavy atom. The average molecular weight is 223 g/mol. The molecule has 1 aromatic rings. The largest absolute Gasteiger partial charge is 0.493 e. The Morgan fingerprint density at radius 3 is 2.69 bits per heavy atom. The van der Waals surface area contributed by atoms with Gasteiger partial charge in [-0.3, -0.25) is 4.39 Å². The van der Waals surface area contributed by atoms with Gasteiger partial charge in [-0.15, -0.1) is 0 Å². The van der Waals surface area contributed by atoms with Gasteiger partial charge in [0.05, 0.1) is 13.3 Å². The van der Waals surface area contributed by atoms with Crippen LogP contribution in [-0.4, -0.2) is 13.3 Å². The number of hydrogen-bond donors (Lipinski definition) is 0. The molecule has 0 amide bonds. The molecule has 16 heavy (non-hydrogen) atoms. The normalized spacial score (nSPS) is 12.5. The van der Waals surface area contributed by atoms with Gasteiger partial charge >= 0.3 is 0 Å². The van der Waals surface area contributed by atoms with E-state index in [1.807, 2.05) is 25.1 Å². The summed E-state index contributed by atoms with van der Waals surface area (Å²) in [7, 11) is 0. The molecule has 0 fully saturated rings. The number of para-hydroxylation sites is 1. The number of alkyl halides is 1. The maximum absolute atomic E-state index is 12.7. The van der Waals surface area contributed by atoms with Gasteiger partial charge in [-0.05, 0) is 25.8 Å². The van der Waals surface area contributed by atoms with Crippen LogP contribution in [0.4, 0.5) is 4.39 Å². The van der Waals surface area contributed by atoms with Gasteiger partial charge in [-0.25, -0.2) is 0 Å². The molecule has 0 saturated heterocycles. The van der Waals surface area contributed by atoms with Crippen molar-refractivity contribution in [3.63, 3.8) is 0 Å². The van der Waals surface area contributed by atoms with E-state index in [0.29, 0.717) is 6.61 Å². The molecule has 1 nitrogen and oxygen atoms in total. The third-order valence-electron chi connectivity index (χ3n) is 2.56. The van der Waals surface area contributed by atoms with Crippen LogP contribution in [0.5, 0.6) is 5.75 Å². The molecule has 89 valence electrons. The SMILES string of the molecule is [CH2]C(CF)c1cccc(CCC)c1OCC. The van der Waals surface area contributed by atoms with Crippen molar-refractivity contribution >= 4 is 0 Å². The molecule has 0 saturated carbocycles. The topological polar surface area (TPSA) is 9.23 Å². The first kappa shape index (κ1) is 13.0. The minimum atomic E-state index is -0.449. The summed E-state index contributed by atoms with van der Waals surface area (Å²) in [6.07, 6.45) is 2.02. The van der Waals surface area contributed by atoms with Crippen LogP contribution in [0.1, 0.15) is 37.3 Å². The number of hydrogen-bond acceptors (Lipinski definition) is 1. The van der Waals surface area contributed by atoms with Crippen molar-refractivity contribution in [1.82, 2.24) is 0 Å². The first-order valence-corrected chi connectivity index (χ1v) is 5.88. The zero-order valence-corrected chi connectivity index (χ0v) is 10.1. The highest BCUT2D eigenvalue weighted by Gasteiger charge is 2.14. The monoisotopic (exact) mass is 223 g/mol. The molecule has 0 aliphatic rings. The van der Waals surface area contributed by atoms with Crippen molar-refractivity contribution in [3.8, 4) is 5.75 Å². The van der Waals surface area contributed by atoms with Gasteiger partial charge in [-0.1, -0.05) is 31.5 Å². The van der Waals surface area contributed by atoms with Crippen molar-refractivity contribution in [2.45, 2.75) is 32.6 Å². The first-order valence-electron chi connectivity index (χ1n) is 5.88. The summed E-state index contributed by atoms with van der Waals surface area (Å²) in [5.74, 6) is 0.503. The Labute approximate surface area is 97.6 Å². The Hall–Kier alpha value is -1.05. The van der Waals surface area contributed by atoms with Crippen LogP contribution in [0.2, 0.25) is 0 Å². The molecular formula is C14H20FO. The van der Waals surface area contributed by atoms with Gasteiger partial charge in [0.2, 0.25) is 0 Å². The van der Waals surface area contributed by atoms with Gasteiger partial charge in [0.15, 0.2) is 0 Å². The van der Waals surface area contributed by atoms with Crippen LogP contribution >= 0.6 is 0 Å². The molecule has 0 aromatic heterocycles. The number of benzene rings is 1. The highest BCUT2D eigenvalue weighted by molar-refractivity contribution is 5.44. The van der Waals surface area contributed by atoms with Gasteiger partial charge in [0.25, 0.3) is 0 Å². The molecule has 0 aliphatic heterocycles. The molecule has 1 unspecified atom stereocenters. The zero-order chi connectivity index (χ0) is 12.0. The molecule has 1 rings (SSSR count). The van der Waals surface area contributed by atoms with Gasteiger partial charge in [-0.2, -0.15) is 0 Å². The van der Waals surface area contributed by atoms with Crippen LogP contribution in [0, 0.1) is 6.92 Å². The Morgan fingerprint density at radius 2 is 2.12 bits per heavy atom. The molecule has 0 aliphatic carbocycles. The summed E-state index contributed by atoms with van der Waals surface area (Å²) in [5, 5.41) is 0. The molecule has 0 N–H and O–H groups in total.